The van der Waals surface area contributed by atoms with Crippen LogP contribution < -0.4 is 5.73 Å². The number of fused-ring (bicyclic) bond motifs is 1. The number of rotatable bonds is 1. The molecule has 1 saturated heterocycles. The largest absolute Gasteiger partial charge is 0.387 e. The quantitative estimate of drug-likeness (QED) is 0.710. The number of hydrogen-bond acceptors (Lipinski definition) is 5. The molecule has 110 valence electrons. The van der Waals surface area contributed by atoms with Gasteiger partial charge in [0.2, 0.25) is 0 Å². The summed E-state index contributed by atoms with van der Waals surface area (Å²) >= 11 is 6.15. The number of ether oxygens (including phenoxy) is 2. The molecule has 6 heteroatoms. The zero-order valence-electron chi connectivity index (χ0n) is 11.1. The van der Waals surface area contributed by atoms with Gasteiger partial charge in [0.1, 0.15) is 30.6 Å². The summed E-state index contributed by atoms with van der Waals surface area (Å²) in [5.74, 6) is 0. The van der Waals surface area contributed by atoms with Crippen LogP contribution in [0.3, 0.4) is 0 Å². The van der Waals surface area contributed by atoms with Gasteiger partial charge < -0.3 is 25.4 Å². The van der Waals surface area contributed by atoms with Crippen LogP contribution in [0.25, 0.3) is 0 Å². The molecule has 2 aliphatic rings. The van der Waals surface area contributed by atoms with Crippen molar-refractivity contribution in [3.63, 3.8) is 0 Å². The van der Waals surface area contributed by atoms with Crippen LogP contribution in [0.4, 0.5) is 0 Å². The summed E-state index contributed by atoms with van der Waals surface area (Å²) in [4.78, 5) is 0. The Hall–Kier alpha value is -0.690. The fourth-order valence-electron chi connectivity index (χ4n) is 2.87. The molecular weight excluding hydrogens is 282 g/mol. The van der Waals surface area contributed by atoms with Crippen molar-refractivity contribution in [3.8, 4) is 0 Å². The number of aliphatic hydroxyl groups is 2. The Morgan fingerprint density at radius 3 is 2.70 bits per heavy atom. The highest BCUT2D eigenvalue weighted by molar-refractivity contribution is 6.31. The molecule has 1 aromatic carbocycles. The van der Waals surface area contributed by atoms with Crippen LogP contribution in [0.1, 0.15) is 22.8 Å². The van der Waals surface area contributed by atoms with E-state index in [1.54, 1.807) is 0 Å². The second-order valence-electron chi connectivity index (χ2n) is 5.39. The Morgan fingerprint density at radius 1 is 1.30 bits per heavy atom. The highest BCUT2D eigenvalue weighted by Crippen LogP contribution is 2.38. The average molecular weight is 300 g/mol. The smallest absolute Gasteiger partial charge is 0.135 e. The number of benzene rings is 1. The first-order valence-corrected chi connectivity index (χ1v) is 7.04. The first-order valence-electron chi connectivity index (χ1n) is 6.66. The fourth-order valence-corrected chi connectivity index (χ4v) is 3.05. The molecule has 0 amide bonds. The summed E-state index contributed by atoms with van der Waals surface area (Å²) < 4.78 is 11.2. The van der Waals surface area contributed by atoms with Gasteiger partial charge in [0.25, 0.3) is 0 Å². The summed E-state index contributed by atoms with van der Waals surface area (Å²) in [6, 6.07) is 3.88. The Kier molecular flexibility index (Phi) is 3.75. The van der Waals surface area contributed by atoms with Crippen molar-refractivity contribution in [2.75, 3.05) is 6.61 Å². The Balaban J connectivity index is 1.96. The number of halogens is 1. The van der Waals surface area contributed by atoms with Gasteiger partial charge in [-0.3, -0.25) is 0 Å². The van der Waals surface area contributed by atoms with Gasteiger partial charge in [-0.1, -0.05) is 17.7 Å². The molecule has 4 N–H and O–H groups in total. The molecule has 3 rings (SSSR count). The maximum atomic E-state index is 10.1. The van der Waals surface area contributed by atoms with Crippen molar-refractivity contribution in [2.45, 2.75) is 44.0 Å². The average Bonchev–Trinajstić information content (AvgIpc) is 2.67. The maximum absolute atomic E-state index is 10.1. The summed E-state index contributed by atoms with van der Waals surface area (Å²) in [5.41, 5.74) is 8.61. The SMILES string of the molecule is Cc1cc2c(cc1Cl)CCO[C@H]2[C@H]1O[C@@H](N)[C@H](O)[C@@H]1O. The van der Waals surface area contributed by atoms with E-state index in [4.69, 9.17) is 26.8 Å². The second-order valence-corrected chi connectivity index (χ2v) is 5.80. The zero-order chi connectivity index (χ0) is 14.4. The van der Waals surface area contributed by atoms with Crippen molar-refractivity contribution >= 4 is 11.6 Å². The molecule has 20 heavy (non-hydrogen) atoms. The normalized spacial score (nSPS) is 37.0. The highest BCUT2D eigenvalue weighted by atomic mass is 35.5. The molecule has 2 heterocycles. The zero-order valence-corrected chi connectivity index (χ0v) is 11.9. The van der Waals surface area contributed by atoms with Gasteiger partial charge in [-0.05, 0) is 36.1 Å². The Morgan fingerprint density at radius 2 is 2.05 bits per heavy atom. The van der Waals surface area contributed by atoms with E-state index >= 15 is 0 Å². The Labute approximate surface area is 122 Å². The lowest BCUT2D eigenvalue weighted by molar-refractivity contribution is -0.100. The van der Waals surface area contributed by atoms with E-state index in [0.29, 0.717) is 11.6 Å². The van der Waals surface area contributed by atoms with Gasteiger partial charge in [-0.25, -0.2) is 0 Å². The minimum atomic E-state index is -1.10. The molecule has 2 aliphatic heterocycles. The lowest BCUT2D eigenvalue weighted by Crippen LogP contribution is -2.38. The summed E-state index contributed by atoms with van der Waals surface area (Å²) in [6.07, 6.45) is -3.38. The minimum absolute atomic E-state index is 0.437. The molecular formula is C14H18ClNO4. The number of hydrogen-bond donors (Lipinski definition) is 3. The van der Waals surface area contributed by atoms with Crippen LogP contribution >= 0.6 is 11.6 Å². The van der Waals surface area contributed by atoms with Crippen LogP contribution in [0, 0.1) is 6.92 Å². The van der Waals surface area contributed by atoms with Crippen molar-refractivity contribution in [3.05, 3.63) is 33.8 Å². The minimum Gasteiger partial charge on any atom is -0.387 e. The van der Waals surface area contributed by atoms with Crippen LogP contribution in [0.5, 0.6) is 0 Å². The molecule has 0 bridgehead atoms. The van der Waals surface area contributed by atoms with Gasteiger partial charge in [0, 0.05) is 5.02 Å². The predicted octanol–water partition coefficient (Wildman–Crippen LogP) is 0.668. The van der Waals surface area contributed by atoms with Crippen LogP contribution in [-0.4, -0.2) is 41.4 Å². The lowest BCUT2D eigenvalue weighted by Gasteiger charge is -2.32. The van der Waals surface area contributed by atoms with E-state index in [9.17, 15) is 10.2 Å². The third kappa shape index (κ3) is 2.24. The van der Waals surface area contributed by atoms with Gasteiger partial charge in [0.15, 0.2) is 0 Å². The van der Waals surface area contributed by atoms with E-state index in [1.807, 2.05) is 19.1 Å². The van der Waals surface area contributed by atoms with Crippen LogP contribution in [-0.2, 0) is 15.9 Å². The third-order valence-electron chi connectivity index (χ3n) is 4.03. The molecule has 0 aromatic heterocycles. The van der Waals surface area contributed by atoms with E-state index in [0.717, 1.165) is 23.1 Å². The first kappa shape index (κ1) is 14.3. The van der Waals surface area contributed by atoms with Crippen molar-refractivity contribution in [1.29, 1.82) is 0 Å². The van der Waals surface area contributed by atoms with Crippen LogP contribution in [0.2, 0.25) is 5.02 Å². The topological polar surface area (TPSA) is 84.9 Å². The van der Waals surface area contributed by atoms with E-state index < -0.39 is 30.6 Å². The fraction of sp³-hybridized carbons (Fsp3) is 0.571. The van der Waals surface area contributed by atoms with Gasteiger partial charge in [-0.2, -0.15) is 0 Å². The molecule has 0 unspecified atom stereocenters. The molecule has 1 aromatic rings. The first-order chi connectivity index (χ1) is 9.49. The molecule has 5 nitrogen and oxygen atoms in total. The van der Waals surface area contributed by atoms with E-state index in [1.165, 1.54) is 0 Å². The predicted molar refractivity (Wildman–Crippen MR) is 73.4 cm³/mol. The number of nitrogens with two attached hydrogens (primary N) is 1. The summed E-state index contributed by atoms with van der Waals surface area (Å²) in [7, 11) is 0. The van der Waals surface area contributed by atoms with Gasteiger partial charge in [0.05, 0.1) is 6.61 Å². The number of aryl methyl sites for hydroxylation is 1. The summed E-state index contributed by atoms with van der Waals surface area (Å²) in [6.45, 7) is 2.44. The van der Waals surface area contributed by atoms with Crippen LogP contribution in [0.15, 0.2) is 12.1 Å². The van der Waals surface area contributed by atoms with Gasteiger partial charge in [-0.15, -0.1) is 0 Å². The third-order valence-corrected chi connectivity index (χ3v) is 4.44. The number of aliphatic hydroxyl groups excluding tert-OH is 2. The Bertz CT molecular complexity index is 524. The second kappa shape index (κ2) is 5.26. The van der Waals surface area contributed by atoms with Crippen molar-refractivity contribution in [1.82, 2.24) is 0 Å². The van der Waals surface area contributed by atoms with Crippen molar-refractivity contribution in [2.24, 2.45) is 5.73 Å². The summed E-state index contributed by atoms with van der Waals surface area (Å²) in [5, 5.41) is 20.5. The van der Waals surface area contributed by atoms with Crippen molar-refractivity contribution < 1.29 is 19.7 Å². The molecule has 0 radical (unpaired) electrons. The monoisotopic (exact) mass is 299 g/mol. The molecule has 5 atom stereocenters. The van der Waals surface area contributed by atoms with E-state index in [2.05, 4.69) is 0 Å². The standard InChI is InChI=1S/C14H18ClNO4/c1-6-4-8-7(5-9(6)15)2-3-19-12(8)13-10(17)11(18)14(16)20-13/h4-5,10-14,17-18H,2-3,16H2,1H3/t10-,11+,12+,13-,14+/m0/s1. The maximum Gasteiger partial charge on any atom is 0.135 e. The lowest BCUT2D eigenvalue weighted by atomic mass is 9.90. The molecule has 0 aliphatic carbocycles. The molecule has 0 spiro atoms. The van der Waals surface area contributed by atoms with Gasteiger partial charge >= 0.3 is 0 Å². The molecule has 0 saturated carbocycles. The molecule has 1 fully saturated rings. The van der Waals surface area contributed by atoms with E-state index in [-0.39, 0.29) is 0 Å². The highest BCUT2D eigenvalue weighted by Gasteiger charge is 2.46.